The maximum atomic E-state index is 13.0. The Hall–Kier alpha value is -2.50. The van der Waals surface area contributed by atoms with Gasteiger partial charge in [0.25, 0.3) is 5.56 Å². The Labute approximate surface area is 175 Å². The maximum absolute atomic E-state index is 13.0. The number of halogens is 1. The second-order valence-electron chi connectivity index (χ2n) is 7.77. The predicted molar refractivity (Wildman–Crippen MR) is 119 cm³/mol. The van der Waals surface area contributed by atoms with Crippen LogP contribution in [0.1, 0.15) is 31.2 Å². The van der Waals surface area contributed by atoms with Crippen LogP contribution in [0, 0.1) is 0 Å². The fraction of sp³-hybridized carbons (Fsp3) is 0.348. The Balaban J connectivity index is 1.58. The van der Waals surface area contributed by atoms with Crippen LogP contribution in [0.4, 0.5) is 5.69 Å². The summed E-state index contributed by atoms with van der Waals surface area (Å²) in [4.78, 5) is 13.0. The Morgan fingerprint density at radius 3 is 2.55 bits per heavy atom. The zero-order chi connectivity index (χ0) is 20.4. The van der Waals surface area contributed by atoms with Gasteiger partial charge in [-0.25, -0.2) is 0 Å². The first-order chi connectivity index (χ1) is 14.0. The lowest BCUT2D eigenvalue weighted by atomic mass is 9.91. The molecule has 1 aliphatic carbocycles. The summed E-state index contributed by atoms with van der Waals surface area (Å²) in [7, 11) is 1.64. The van der Waals surface area contributed by atoms with Crippen molar-refractivity contribution in [1.82, 2.24) is 4.57 Å². The zero-order valence-electron chi connectivity index (χ0n) is 16.5. The molecule has 0 bridgehead atoms. The van der Waals surface area contributed by atoms with Gasteiger partial charge in [0.05, 0.1) is 24.4 Å². The summed E-state index contributed by atoms with van der Waals surface area (Å²) >= 11 is 6.52. The molecule has 0 radical (unpaired) electrons. The Morgan fingerprint density at radius 2 is 1.86 bits per heavy atom. The summed E-state index contributed by atoms with van der Waals surface area (Å²) in [5, 5.41) is 5.63. The summed E-state index contributed by atoms with van der Waals surface area (Å²) in [5.41, 5.74) is 7.87. The van der Waals surface area contributed by atoms with Crippen LogP contribution in [-0.4, -0.2) is 23.8 Å². The number of nitrogens with zero attached hydrogens (tertiary/aromatic N) is 1. The molecule has 2 aromatic carbocycles. The number of pyridine rings is 1. The molecular formula is C23H26ClN3O2. The van der Waals surface area contributed by atoms with E-state index in [4.69, 9.17) is 22.1 Å². The molecule has 152 valence electrons. The minimum atomic E-state index is -0.0459. The van der Waals surface area contributed by atoms with Crippen molar-refractivity contribution >= 4 is 28.1 Å². The number of nitrogens with two attached hydrogens (primary N) is 1. The van der Waals surface area contributed by atoms with Crippen LogP contribution in [0.15, 0.2) is 53.5 Å². The van der Waals surface area contributed by atoms with Gasteiger partial charge in [0.1, 0.15) is 5.75 Å². The van der Waals surface area contributed by atoms with E-state index in [1.807, 2.05) is 42.6 Å². The third-order valence-electron chi connectivity index (χ3n) is 5.71. The molecule has 4 rings (SSSR count). The average Bonchev–Trinajstić information content (AvgIpc) is 2.73. The largest absolute Gasteiger partial charge is 0.497 e. The topological polar surface area (TPSA) is 69.3 Å². The van der Waals surface area contributed by atoms with Crippen molar-refractivity contribution < 1.29 is 4.74 Å². The minimum absolute atomic E-state index is 0.0459. The Kier molecular flexibility index (Phi) is 5.79. The van der Waals surface area contributed by atoms with Crippen LogP contribution in [0.25, 0.3) is 10.8 Å². The molecule has 1 saturated carbocycles. The molecule has 0 aliphatic heterocycles. The molecule has 3 N–H and O–H groups in total. The van der Waals surface area contributed by atoms with E-state index in [0.717, 1.165) is 48.1 Å². The van der Waals surface area contributed by atoms with E-state index in [9.17, 15) is 4.79 Å². The molecule has 0 atom stereocenters. The number of hydrogen-bond donors (Lipinski definition) is 2. The zero-order valence-corrected chi connectivity index (χ0v) is 17.3. The van der Waals surface area contributed by atoms with E-state index < -0.39 is 0 Å². The number of fused-ring (bicyclic) bond motifs is 1. The van der Waals surface area contributed by atoms with Gasteiger partial charge in [-0.05, 0) is 67.0 Å². The standard InChI is InChI=1S/C23H26ClN3O2/c1-29-19-8-2-15(3-9-19)14-27-11-10-16-12-22(21(24)13-20(16)23(27)28)26-18-6-4-17(25)5-7-18/h2-3,8-13,17-18,26H,4-7,14,25H2,1H3. The van der Waals surface area contributed by atoms with E-state index in [0.29, 0.717) is 29.0 Å². The minimum Gasteiger partial charge on any atom is -0.497 e. The number of rotatable bonds is 5. The van der Waals surface area contributed by atoms with Gasteiger partial charge in [0, 0.05) is 23.7 Å². The van der Waals surface area contributed by atoms with Crippen molar-refractivity contribution in [2.45, 2.75) is 44.3 Å². The Morgan fingerprint density at radius 1 is 1.14 bits per heavy atom. The molecule has 0 saturated heterocycles. The first-order valence-corrected chi connectivity index (χ1v) is 10.4. The molecule has 29 heavy (non-hydrogen) atoms. The van der Waals surface area contributed by atoms with E-state index in [2.05, 4.69) is 5.32 Å². The molecule has 1 fully saturated rings. The first kappa shape index (κ1) is 19.8. The highest BCUT2D eigenvalue weighted by atomic mass is 35.5. The smallest absolute Gasteiger partial charge is 0.258 e. The SMILES string of the molecule is COc1ccc(Cn2ccc3cc(NC4CCC(N)CC4)c(Cl)cc3c2=O)cc1. The lowest BCUT2D eigenvalue weighted by Crippen LogP contribution is -2.32. The van der Waals surface area contributed by atoms with Gasteiger partial charge in [-0.1, -0.05) is 23.7 Å². The molecule has 3 aromatic rings. The first-order valence-electron chi connectivity index (χ1n) is 10.0. The quantitative estimate of drug-likeness (QED) is 0.653. The molecule has 5 nitrogen and oxygen atoms in total. The van der Waals surface area contributed by atoms with Gasteiger partial charge in [-0.3, -0.25) is 4.79 Å². The van der Waals surface area contributed by atoms with Gasteiger partial charge in [-0.15, -0.1) is 0 Å². The third-order valence-corrected chi connectivity index (χ3v) is 6.02. The second kappa shape index (κ2) is 8.47. The molecule has 0 spiro atoms. The van der Waals surface area contributed by atoms with Crippen molar-refractivity contribution in [2.75, 3.05) is 12.4 Å². The highest BCUT2D eigenvalue weighted by molar-refractivity contribution is 6.34. The van der Waals surface area contributed by atoms with Crippen molar-refractivity contribution in [3.8, 4) is 5.75 Å². The summed E-state index contributed by atoms with van der Waals surface area (Å²) in [6.45, 7) is 0.499. The van der Waals surface area contributed by atoms with Gasteiger partial charge >= 0.3 is 0 Å². The summed E-state index contributed by atoms with van der Waals surface area (Å²) < 4.78 is 6.89. The van der Waals surface area contributed by atoms with Crippen LogP contribution in [0.3, 0.4) is 0 Å². The monoisotopic (exact) mass is 411 g/mol. The van der Waals surface area contributed by atoms with Gasteiger partial charge < -0.3 is 20.4 Å². The highest BCUT2D eigenvalue weighted by Crippen LogP contribution is 2.30. The van der Waals surface area contributed by atoms with Crippen LogP contribution in [0.5, 0.6) is 5.75 Å². The van der Waals surface area contributed by atoms with Crippen LogP contribution in [0.2, 0.25) is 5.02 Å². The van der Waals surface area contributed by atoms with Crippen LogP contribution < -0.4 is 21.3 Å². The third kappa shape index (κ3) is 4.41. The fourth-order valence-corrected chi connectivity index (χ4v) is 4.17. The van der Waals surface area contributed by atoms with Crippen molar-refractivity contribution in [3.63, 3.8) is 0 Å². The summed E-state index contributed by atoms with van der Waals surface area (Å²) in [6, 6.07) is 14.1. The number of anilines is 1. The number of methoxy groups -OCH3 is 1. The second-order valence-corrected chi connectivity index (χ2v) is 8.18. The molecule has 6 heteroatoms. The van der Waals surface area contributed by atoms with E-state index >= 15 is 0 Å². The van der Waals surface area contributed by atoms with Crippen LogP contribution >= 0.6 is 11.6 Å². The highest BCUT2D eigenvalue weighted by Gasteiger charge is 2.19. The molecule has 1 heterocycles. The van der Waals surface area contributed by atoms with E-state index in [1.165, 1.54) is 0 Å². The number of nitrogens with one attached hydrogen (secondary N) is 1. The van der Waals surface area contributed by atoms with Crippen molar-refractivity contribution in [2.24, 2.45) is 5.73 Å². The van der Waals surface area contributed by atoms with Gasteiger partial charge in [-0.2, -0.15) is 0 Å². The number of benzene rings is 2. The van der Waals surface area contributed by atoms with E-state index in [1.54, 1.807) is 17.7 Å². The molecular weight excluding hydrogens is 386 g/mol. The van der Waals surface area contributed by atoms with Crippen LogP contribution in [-0.2, 0) is 6.54 Å². The van der Waals surface area contributed by atoms with Gasteiger partial charge in [0.15, 0.2) is 0 Å². The van der Waals surface area contributed by atoms with Crippen molar-refractivity contribution in [1.29, 1.82) is 0 Å². The predicted octanol–water partition coefficient (Wildman–Crippen LogP) is 4.39. The van der Waals surface area contributed by atoms with Crippen molar-refractivity contribution in [3.05, 3.63) is 69.6 Å². The lowest BCUT2D eigenvalue weighted by molar-refractivity contribution is 0.411. The lowest BCUT2D eigenvalue weighted by Gasteiger charge is -2.28. The fourth-order valence-electron chi connectivity index (χ4n) is 3.95. The summed E-state index contributed by atoms with van der Waals surface area (Å²) in [6.07, 6.45) is 5.97. The summed E-state index contributed by atoms with van der Waals surface area (Å²) in [5.74, 6) is 0.798. The normalized spacial score (nSPS) is 19.3. The van der Waals surface area contributed by atoms with Gasteiger partial charge in [0.2, 0.25) is 0 Å². The molecule has 0 amide bonds. The molecule has 1 aliphatic rings. The number of hydrogen-bond acceptors (Lipinski definition) is 4. The maximum Gasteiger partial charge on any atom is 0.258 e. The molecule has 1 aromatic heterocycles. The van der Waals surface area contributed by atoms with E-state index in [-0.39, 0.29) is 5.56 Å². The number of ether oxygens (including phenoxy) is 1. The number of aromatic nitrogens is 1. The average molecular weight is 412 g/mol. The Bertz CT molecular complexity index is 1050. The molecule has 0 unspecified atom stereocenters.